The molecule has 0 saturated carbocycles. The van der Waals surface area contributed by atoms with Crippen molar-refractivity contribution in [3.05, 3.63) is 65.7 Å². The number of ether oxygens (including phenoxy) is 2. The highest BCUT2D eigenvalue weighted by Crippen LogP contribution is 2.29. The molecule has 11 heteroatoms. The van der Waals surface area contributed by atoms with Crippen molar-refractivity contribution in [2.24, 2.45) is 4.99 Å². The van der Waals surface area contributed by atoms with Gasteiger partial charge >= 0.3 is 0 Å². The largest absolute Gasteiger partial charge is 0.497 e. The van der Waals surface area contributed by atoms with E-state index >= 15 is 0 Å². The Labute approximate surface area is 221 Å². The molecule has 9 nitrogen and oxygen atoms in total. The molecule has 1 aliphatic heterocycles. The lowest BCUT2D eigenvalue weighted by Gasteiger charge is -2.37. The Bertz CT molecular complexity index is 1260. The monoisotopic (exact) mass is 523 g/mol. The average molecular weight is 524 g/mol. The fourth-order valence-electron chi connectivity index (χ4n) is 4.03. The van der Waals surface area contributed by atoms with Gasteiger partial charge in [-0.05, 0) is 68.5 Å². The van der Waals surface area contributed by atoms with E-state index in [0.717, 1.165) is 30.2 Å². The molecule has 1 aromatic heterocycles. The first-order valence-corrected chi connectivity index (χ1v) is 12.2. The number of halogens is 1. The Morgan fingerprint density at radius 3 is 2.22 bits per heavy atom. The van der Waals surface area contributed by atoms with E-state index in [9.17, 15) is 4.39 Å². The third-order valence-electron chi connectivity index (χ3n) is 5.83. The van der Waals surface area contributed by atoms with Crippen molar-refractivity contribution in [3.8, 4) is 11.5 Å². The van der Waals surface area contributed by atoms with Crippen molar-refractivity contribution < 1.29 is 13.9 Å². The Kier molecular flexibility index (Phi) is 8.34. The molecular weight excluding hydrogens is 493 g/mol. The minimum absolute atomic E-state index is 0.246. The van der Waals surface area contributed by atoms with Gasteiger partial charge in [0.05, 0.1) is 19.9 Å². The summed E-state index contributed by atoms with van der Waals surface area (Å²) in [6.45, 7) is 6.63. The topological polar surface area (TPSA) is 87.1 Å². The molecule has 0 aliphatic carbocycles. The summed E-state index contributed by atoms with van der Waals surface area (Å²) in [4.78, 5) is 18.0. The SMILES string of the molecule is COc1ccc(NC(=S)/N=C(/Nc2nc(C)cc(C)n2)N2CCN(c3ccc(F)cc3)CC2)c(OC)c1. The molecular formula is C26H30FN7O2S. The summed E-state index contributed by atoms with van der Waals surface area (Å²) >= 11 is 5.59. The Morgan fingerprint density at radius 2 is 1.59 bits per heavy atom. The molecule has 1 aliphatic rings. The first-order valence-electron chi connectivity index (χ1n) is 11.8. The summed E-state index contributed by atoms with van der Waals surface area (Å²) in [5.41, 5.74) is 3.34. The molecule has 0 radical (unpaired) electrons. The predicted octanol–water partition coefficient (Wildman–Crippen LogP) is 4.24. The van der Waals surface area contributed by atoms with Crippen LogP contribution in [0.4, 0.5) is 21.7 Å². The van der Waals surface area contributed by atoms with Gasteiger partial charge in [-0.15, -0.1) is 0 Å². The number of hydrogen-bond acceptors (Lipinski definition) is 6. The van der Waals surface area contributed by atoms with Gasteiger partial charge in [-0.1, -0.05) is 0 Å². The standard InChI is InChI=1S/C26H30FN7O2S/c1-17-15-18(2)29-24(28-17)31-25(32-26(37)30-22-10-9-21(35-3)16-23(22)36-4)34-13-11-33(12-14-34)20-7-5-19(27)6-8-20/h5-10,15-16H,11-14H2,1-4H3,(H2,28,29,30,31,32,37). The lowest BCUT2D eigenvalue weighted by atomic mass is 10.2. The van der Waals surface area contributed by atoms with Crippen LogP contribution in [0, 0.1) is 19.7 Å². The minimum Gasteiger partial charge on any atom is -0.497 e. The number of hydrogen-bond donors (Lipinski definition) is 2. The van der Waals surface area contributed by atoms with E-state index in [-0.39, 0.29) is 10.9 Å². The van der Waals surface area contributed by atoms with Gasteiger partial charge in [0.15, 0.2) is 0 Å². The van der Waals surface area contributed by atoms with Crippen LogP contribution in [-0.2, 0) is 0 Å². The predicted molar refractivity (Wildman–Crippen MR) is 149 cm³/mol. The third kappa shape index (κ3) is 6.82. The molecule has 0 unspecified atom stereocenters. The fourth-order valence-corrected chi connectivity index (χ4v) is 4.23. The summed E-state index contributed by atoms with van der Waals surface area (Å²) in [5, 5.41) is 6.65. The summed E-state index contributed by atoms with van der Waals surface area (Å²) < 4.78 is 24.1. The van der Waals surface area contributed by atoms with Gasteiger partial charge < -0.3 is 24.6 Å². The highest BCUT2D eigenvalue weighted by molar-refractivity contribution is 7.80. The fraction of sp³-hybridized carbons (Fsp3) is 0.308. The van der Waals surface area contributed by atoms with E-state index in [4.69, 9.17) is 26.7 Å². The first kappa shape index (κ1) is 26.1. The van der Waals surface area contributed by atoms with Gasteiger partial charge in [0, 0.05) is 49.3 Å². The molecule has 0 bridgehead atoms. The second-order valence-electron chi connectivity index (χ2n) is 8.48. The van der Waals surface area contributed by atoms with Crippen molar-refractivity contribution in [3.63, 3.8) is 0 Å². The number of nitrogens with one attached hydrogen (secondary N) is 2. The van der Waals surface area contributed by atoms with Crippen LogP contribution in [0.5, 0.6) is 11.5 Å². The van der Waals surface area contributed by atoms with Crippen LogP contribution < -0.4 is 25.0 Å². The quantitative estimate of drug-likeness (QED) is 0.290. The zero-order valence-electron chi connectivity index (χ0n) is 21.3. The zero-order chi connectivity index (χ0) is 26.4. The van der Waals surface area contributed by atoms with Gasteiger partial charge in [-0.2, -0.15) is 4.99 Å². The Balaban J connectivity index is 1.55. The molecule has 194 valence electrons. The summed E-state index contributed by atoms with van der Waals surface area (Å²) in [7, 11) is 3.18. The van der Waals surface area contributed by atoms with Crippen molar-refractivity contribution in [1.29, 1.82) is 0 Å². The van der Waals surface area contributed by atoms with Crippen LogP contribution in [0.25, 0.3) is 0 Å². The maximum Gasteiger partial charge on any atom is 0.229 e. The van der Waals surface area contributed by atoms with Gasteiger partial charge in [0.25, 0.3) is 0 Å². The minimum atomic E-state index is -0.246. The molecule has 4 rings (SSSR count). The Morgan fingerprint density at radius 1 is 0.919 bits per heavy atom. The van der Waals surface area contributed by atoms with Crippen LogP contribution in [0.15, 0.2) is 53.5 Å². The van der Waals surface area contributed by atoms with E-state index in [1.165, 1.54) is 12.1 Å². The molecule has 0 amide bonds. The highest BCUT2D eigenvalue weighted by atomic mass is 32.1. The van der Waals surface area contributed by atoms with Crippen LogP contribution in [0.1, 0.15) is 11.4 Å². The number of rotatable bonds is 5. The van der Waals surface area contributed by atoms with Crippen molar-refractivity contribution in [2.45, 2.75) is 13.8 Å². The molecule has 37 heavy (non-hydrogen) atoms. The number of guanidine groups is 1. The van der Waals surface area contributed by atoms with E-state index in [0.29, 0.717) is 42.2 Å². The lowest BCUT2D eigenvalue weighted by molar-refractivity contribution is 0.385. The van der Waals surface area contributed by atoms with Gasteiger partial charge in [-0.3, -0.25) is 5.32 Å². The molecule has 3 aromatic rings. The van der Waals surface area contributed by atoms with Crippen molar-refractivity contribution >= 4 is 40.6 Å². The average Bonchev–Trinajstić information content (AvgIpc) is 2.88. The summed E-state index contributed by atoms with van der Waals surface area (Å²) in [6.07, 6.45) is 0. The normalized spacial score (nSPS) is 13.8. The number of methoxy groups -OCH3 is 2. The number of thiocarbonyl (C=S) groups is 1. The number of piperazine rings is 1. The third-order valence-corrected chi connectivity index (χ3v) is 6.03. The van der Waals surface area contributed by atoms with Crippen LogP contribution in [0.2, 0.25) is 0 Å². The molecule has 2 N–H and O–H groups in total. The zero-order valence-corrected chi connectivity index (χ0v) is 22.1. The first-order chi connectivity index (χ1) is 17.8. The molecule has 0 atom stereocenters. The molecule has 0 spiro atoms. The number of anilines is 3. The number of aryl methyl sites for hydroxylation is 2. The van der Waals surface area contributed by atoms with E-state index in [1.807, 2.05) is 32.0 Å². The summed E-state index contributed by atoms with van der Waals surface area (Å²) in [5.74, 6) is 1.99. The van der Waals surface area contributed by atoms with E-state index in [1.54, 1.807) is 32.4 Å². The number of aromatic nitrogens is 2. The maximum atomic E-state index is 13.4. The summed E-state index contributed by atoms with van der Waals surface area (Å²) in [6, 6.07) is 13.9. The molecule has 2 aromatic carbocycles. The van der Waals surface area contributed by atoms with Crippen LogP contribution >= 0.6 is 12.2 Å². The second-order valence-corrected chi connectivity index (χ2v) is 8.87. The smallest absolute Gasteiger partial charge is 0.229 e. The Hall–Kier alpha value is -3.99. The van der Waals surface area contributed by atoms with Gasteiger partial charge in [0.1, 0.15) is 17.3 Å². The van der Waals surface area contributed by atoms with Crippen LogP contribution in [-0.4, -0.2) is 66.3 Å². The lowest BCUT2D eigenvalue weighted by Crippen LogP contribution is -2.51. The highest BCUT2D eigenvalue weighted by Gasteiger charge is 2.22. The van der Waals surface area contributed by atoms with Crippen molar-refractivity contribution in [1.82, 2.24) is 14.9 Å². The second kappa shape index (κ2) is 11.8. The van der Waals surface area contributed by atoms with Crippen molar-refractivity contribution in [2.75, 3.05) is 55.9 Å². The van der Waals surface area contributed by atoms with E-state index in [2.05, 4.69) is 30.4 Å². The number of aliphatic imine (C=N–C) groups is 1. The number of benzene rings is 2. The van der Waals surface area contributed by atoms with Gasteiger partial charge in [0.2, 0.25) is 17.0 Å². The number of nitrogens with zero attached hydrogens (tertiary/aromatic N) is 5. The van der Waals surface area contributed by atoms with E-state index < -0.39 is 0 Å². The molecule has 1 saturated heterocycles. The van der Waals surface area contributed by atoms with Gasteiger partial charge in [-0.25, -0.2) is 14.4 Å². The van der Waals surface area contributed by atoms with Crippen LogP contribution in [0.3, 0.4) is 0 Å². The maximum absolute atomic E-state index is 13.4. The molecule has 2 heterocycles. The molecule has 1 fully saturated rings.